The van der Waals surface area contributed by atoms with Crippen molar-refractivity contribution in [2.75, 3.05) is 31.2 Å². The largest absolute Gasteiger partial charge is 0.378 e. The quantitative estimate of drug-likeness (QED) is 0.495. The zero-order valence-corrected chi connectivity index (χ0v) is 19.9. The van der Waals surface area contributed by atoms with Gasteiger partial charge in [-0.1, -0.05) is 65.9 Å². The maximum Gasteiger partial charge on any atom is 0.265 e. The number of hydrogen-bond donors (Lipinski definition) is 0. The molecule has 3 aromatic carbocycles. The van der Waals surface area contributed by atoms with E-state index in [-0.39, 0.29) is 11.8 Å². The number of para-hydroxylation sites is 1. The summed E-state index contributed by atoms with van der Waals surface area (Å²) in [5, 5.41) is 0. The van der Waals surface area contributed by atoms with Crippen LogP contribution in [0.4, 0.5) is 5.69 Å². The number of nitrogens with zero attached hydrogens (tertiary/aromatic N) is 2. The van der Waals surface area contributed by atoms with Gasteiger partial charge in [0.2, 0.25) is 0 Å². The highest BCUT2D eigenvalue weighted by molar-refractivity contribution is 8.04. The first-order valence-corrected chi connectivity index (χ1v) is 12.2. The first-order valence-electron chi connectivity index (χ1n) is 11.4. The summed E-state index contributed by atoms with van der Waals surface area (Å²) in [4.78, 5) is 31.6. The van der Waals surface area contributed by atoms with E-state index >= 15 is 0 Å². The van der Waals surface area contributed by atoms with Gasteiger partial charge in [-0.3, -0.25) is 9.59 Å². The molecule has 0 radical (unpaired) electrons. The van der Waals surface area contributed by atoms with E-state index in [9.17, 15) is 9.59 Å². The third kappa shape index (κ3) is 4.79. The smallest absolute Gasteiger partial charge is 0.265 e. The van der Waals surface area contributed by atoms with Crippen LogP contribution in [0.3, 0.4) is 0 Å². The van der Waals surface area contributed by atoms with Crippen LogP contribution in [-0.2, 0) is 16.1 Å². The molecule has 2 aliphatic heterocycles. The topological polar surface area (TPSA) is 49.9 Å². The third-order valence-electron chi connectivity index (χ3n) is 6.01. The van der Waals surface area contributed by atoms with E-state index < -0.39 is 0 Å². The Labute approximate surface area is 204 Å². The van der Waals surface area contributed by atoms with Gasteiger partial charge in [-0.2, -0.15) is 0 Å². The predicted molar refractivity (Wildman–Crippen MR) is 136 cm³/mol. The molecule has 3 aromatic rings. The Morgan fingerprint density at radius 1 is 1.00 bits per heavy atom. The summed E-state index contributed by atoms with van der Waals surface area (Å²) in [7, 11) is 0. The normalized spacial score (nSPS) is 17.1. The third-order valence-corrected chi connectivity index (χ3v) is 7.09. The van der Waals surface area contributed by atoms with Crippen LogP contribution in [0.2, 0.25) is 0 Å². The molecule has 0 atom stereocenters. The van der Waals surface area contributed by atoms with Crippen LogP contribution in [-0.4, -0.2) is 43.0 Å². The van der Waals surface area contributed by atoms with Crippen molar-refractivity contribution >= 4 is 35.3 Å². The lowest BCUT2D eigenvalue weighted by molar-refractivity contribution is -0.114. The molecule has 0 N–H and O–H groups in total. The Bertz CT molecular complexity index is 1250. The molecular formula is C28H26N2O3S. The summed E-state index contributed by atoms with van der Waals surface area (Å²) in [6.07, 6.45) is 1.91. The summed E-state index contributed by atoms with van der Waals surface area (Å²) in [5.41, 5.74) is 4.75. The number of carbonyl (C=O) groups excluding carboxylic acids is 2. The molecule has 172 valence electrons. The molecule has 34 heavy (non-hydrogen) atoms. The van der Waals surface area contributed by atoms with Gasteiger partial charge in [-0.25, -0.2) is 0 Å². The minimum atomic E-state index is -0.0151. The van der Waals surface area contributed by atoms with E-state index in [4.69, 9.17) is 4.74 Å². The molecule has 5 nitrogen and oxygen atoms in total. The van der Waals surface area contributed by atoms with Gasteiger partial charge < -0.3 is 14.5 Å². The second-order valence-electron chi connectivity index (χ2n) is 8.49. The zero-order chi connectivity index (χ0) is 23.5. The maximum atomic E-state index is 13.5. The first kappa shape index (κ1) is 22.4. The van der Waals surface area contributed by atoms with Gasteiger partial charge in [0.15, 0.2) is 0 Å². The van der Waals surface area contributed by atoms with Gasteiger partial charge in [0.1, 0.15) is 0 Å². The molecule has 1 fully saturated rings. The van der Waals surface area contributed by atoms with E-state index in [0.717, 1.165) is 21.7 Å². The van der Waals surface area contributed by atoms with E-state index in [1.165, 1.54) is 17.3 Å². The van der Waals surface area contributed by atoms with Crippen molar-refractivity contribution in [3.8, 4) is 0 Å². The molecule has 0 bridgehead atoms. The summed E-state index contributed by atoms with van der Waals surface area (Å²) in [6.45, 7) is 4.97. The lowest BCUT2D eigenvalue weighted by Crippen LogP contribution is -2.40. The van der Waals surface area contributed by atoms with E-state index in [2.05, 4.69) is 25.1 Å². The molecule has 2 amide bonds. The number of hydrogen-bond acceptors (Lipinski definition) is 4. The Morgan fingerprint density at radius 2 is 1.76 bits per heavy atom. The Hall–Kier alpha value is -3.35. The van der Waals surface area contributed by atoms with Crippen LogP contribution >= 0.6 is 11.8 Å². The second kappa shape index (κ2) is 9.87. The molecule has 1 saturated heterocycles. The number of carbonyl (C=O) groups is 2. The first-order chi connectivity index (χ1) is 16.6. The van der Waals surface area contributed by atoms with Crippen LogP contribution in [0, 0.1) is 6.92 Å². The highest BCUT2D eigenvalue weighted by atomic mass is 32.2. The van der Waals surface area contributed by atoms with Gasteiger partial charge in [0.25, 0.3) is 11.8 Å². The number of aryl methyl sites for hydroxylation is 1. The SMILES string of the molecule is Cc1cccc(CN2C(=O)/C(=C\c3ccc(C(=O)N4CCOCC4)cc3)Sc3ccccc32)c1. The van der Waals surface area contributed by atoms with Gasteiger partial charge >= 0.3 is 0 Å². The molecular weight excluding hydrogens is 444 g/mol. The number of morpholine rings is 1. The highest BCUT2D eigenvalue weighted by Gasteiger charge is 2.29. The van der Waals surface area contributed by atoms with Gasteiger partial charge in [0, 0.05) is 23.5 Å². The number of fused-ring (bicyclic) bond motifs is 1. The van der Waals surface area contributed by atoms with Crippen molar-refractivity contribution < 1.29 is 14.3 Å². The monoisotopic (exact) mass is 470 g/mol. The number of thioether (sulfide) groups is 1. The van der Waals surface area contributed by atoms with Crippen molar-refractivity contribution in [1.29, 1.82) is 0 Å². The zero-order valence-electron chi connectivity index (χ0n) is 19.1. The van der Waals surface area contributed by atoms with Crippen LogP contribution in [0.25, 0.3) is 6.08 Å². The molecule has 6 heteroatoms. The second-order valence-corrected chi connectivity index (χ2v) is 9.57. The van der Waals surface area contributed by atoms with Crippen molar-refractivity contribution in [2.45, 2.75) is 18.4 Å². The fraction of sp³-hybridized carbons (Fsp3) is 0.214. The predicted octanol–water partition coefficient (Wildman–Crippen LogP) is 5.15. The van der Waals surface area contributed by atoms with Crippen molar-refractivity contribution in [3.05, 3.63) is 100.0 Å². The fourth-order valence-electron chi connectivity index (χ4n) is 4.23. The number of anilines is 1. The summed E-state index contributed by atoms with van der Waals surface area (Å²) < 4.78 is 5.34. The molecule has 5 rings (SSSR count). The van der Waals surface area contributed by atoms with Gasteiger partial charge in [-0.05, 0) is 48.4 Å². The summed E-state index contributed by atoms with van der Waals surface area (Å²) in [5.74, 6) is 0.00236. The molecule has 0 saturated carbocycles. The van der Waals surface area contributed by atoms with Crippen molar-refractivity contribution in [1.82, 2.24) is 4.90 Å². The molecule has 2 heterocycles. The van der Waals surface area contributed by atoms with Crippen molar-refractivity contribution in [3.63, 3.8) is 0 Å². The Morgan fingerprint density at radius 3 is 2.53 bits per heavy atom. The Kier molecular flexibility index (Phi) is 6.52. The van der Waals surface area contributed by atoms with Crippen molar-refractivity contribution in [2.24, 2.45) is 0 Å². The molecule has 0 aliphatic carbocycles. The maximum absolute atomic E-state index is 13.5. The lowest BCUT2D eigenvalue weighted by Gasteiger charge is -2.30. The van der Waals surface area contributed by atoms with Gasteiger partial charge in [-0.15, -0.1) is 0 Å². The average Bonchev–Trinajstić information content (AvgIpc) is 2.87. The van der Waals surface area contributed by atoms with Crippen LogP contribution in [0.1, 0.15) is 27.0 Å². The minimum absolute atomic E-state index is 0.0151. The lowest BCUT2D eigenvalue weighted by atomic mass is 10.1. The molecule has 0 unspecified atom stereocenters. The fourth-order valence-corrected chi connectivity index (χ4v) is 5.29. The molecule has 0 spiro atoms. The number of amides is 2. The van der Waals surface area contributed by atoms with Gasteiger partial charge in [0.05, 0.1) is 30.4 Å². The van der Waals surface area contributed by atoms with E-state index in [0.29, 0.717) is 43.3 Å². The highest BCUT2D eigenvalue weighted by Crippen LogP contribution is 2.42. The number of benzene rings is 3. The standard InChI is InChI=1S/C28H26N2O3S/c1-20-5-4-6-22(17-20)19-30-24-7-2-3-8-25(24)34-26(28(30)32)18-21-9-11-23(12-10-21)27(31)29-13-15-33-16-14-29/h2-12,17-18H,13-16,19H2,1H3/b26-18+. The van der Waals surface area contributed by atoms with E-state index in [1.54, 1.807) is 0 Å². The minimum Gasteiger partial charge on any atom is -0.378 e. The summed E-state index contributed by atoms with van der Waals surface area (Å²) >= 11 is 1.49. The molecule has 2 aliphatic rings. The van der Waals surface area contributed by atoms with Crippen LogP contribution < -0.4 is 4.90 Å². The van der Waals surface area contributed by atoms with E-state index in [1.807, 2.05) is 70.5 Å². The van der Waals surface area contributed by atoms with Crippen LogP contribution in [0.15, 0.2) is 82.6 Å². The van der Waals surface area contributed by atoms with Crippen LogP contribution in [0.5, 0.6) is 0 Å². The molecule has 0 aromatic heterocycles. The summed E-state index contributed by atoms with van der Waals surface area (Å²) in [6, 6.07) is 23.7. The number of ether oxygens (including phenoxy) is 1. The average molecular weight is 471 g/mol. The number of rotatable bonds is 4. The Balaban J connectivity index is 1.40.